The number of para-hydroxylation sites is 1. The fraction of sp³-hybridized carbons (Fsp3) is 0.200. The van der Waals surface area contributed by atoms with Gasteiger partial charge in [0.25, 0.3) is 10.0 Å². The van der Waals surface area contributed by atoms with Crippen LogP contribution in [0.15, 0.2) is 23.1 Å². The number of terminal acetylenes is 1. The van der Waals surface area contributed by atoms with Crippen molar-refractivity contribution in [1.29, 1.82) is 0 Å². The molecule has 0 spiro atoms. The lowest BCUT2D eigenvalue weighted by Gasteiger charge is -2.14. The predicted molar refractivity (Wildman–Crippen MR) is 61.7 cm³/mol. The maximum Gasteiger partial charge on any atom is 0.324 e. The molecule has 0 atom stereocenters. The minimum absolute atomic E-state index is 0.268. The molecule has 0 aliphatic rings. The maximum absolute atomic E-state index is 13.3. The van der Waals surface area contributed by atoms with Gasteiger partial charge in [0.1, 0.15) is 0 Å². The van der Waals surface area contributed by atoms with Gasteiger partial charge in [0.2, 0.25) is 5.82 Å². The number of rotatable bonds is 4. The summed E-state index contributed by atoms with van der Waals surface area (Å²) in [5.41, 5.74) is -1.08. The van der Waals surface area contributed by atoms with Crippen molar-refractivity contribution in [2.24, 2.45) is 0 Å². The SMILES string of the molecule is C#CCN(C)S(=O)(=O)c1cccc(F)c1[N+](=O)[O-]. The van der Waals surface area contributed by atoms with Crippen molar-refractivity contribution in [2.45, 2.75) is 4.90 Å². The van der Waals surface area contributed by atoms with Gasteiger partial charge >= 0.3 is 5.69 Å². The predicted octanol–water partition coefficient (Wildman–Crippen LogP) is 0.988. The molecular weight excluding hydrogens is 263 g/mol. The van der Waals surface area contributed by atoms with Crippen LogP contribution in [0.3, 0.4) is 0 Å². The third-order valence-corrected chi connectivity index (χ3v) is 3.97. The summed E-state index contributed by atoms with van der Waals surface area (Å²) < 4.78 is 38.0. The van der Waals surface area contributed by atoms with Crippen molar-refractivity contribution in [3.05, 3.63) is 34.1 Å². The summed E-state index contributed by atoms with van der Waals surface area (Å²) in [5, 5.41) is 10.7. The number of nitro benzene ring substituents is 1. The second-order valence-electron chi connectivity index (χ2n) is 3.31. The molecule has 0 fully saturated rings. The van der Waals surface area contributed by atoms with Gasteiger partial charge in [0, 0.05) is 7.05 Å². The van der Waals surface area contributed by atoms with Crippen LogP contribution in [-0.4, -0.2) is 31.2 Å². The minimum atomic E-state index is -4.19. The molecule has 6 nitrogen and oxygen atoms in total. The molecule has 0 aromatic heterocycles. The third kappa shape index (κ3) is 2.47. The van der Waals surface area contributed by atoms with Gasteiger partial charge in [-0.25, -0.2) is 8.42 Å². The van der Waals surface area contributed by atoms with Gasteiger partial charge in [-0.1, -0.05) is 12.0 Å². The molecular formula is C10H9FN2O4S. The lowest BCUT2D eigenvalue weighted by Crippen LogP contribution is -2.28. The Labute approximate surface area is 103 Å². The average molecular weight is 272 g/mol. The first kappa shape index (κ1) is 14.1. The van der Waals surface area contributed by atoms with E-state index in [1.807, 2.05) is 0 Å². The van der Waals surface area contributed by atoms with E-state index >= 15 is 0 Å². The fourth-order valence-corrected chi connectivity index (χ4v) is 2.51. The quantitative estimate of drug-likeness (QED) is 0.465. The first-order chi connectivity index (χ1) is 8.32. The molecule has 0 saturated heterocycles. The molecule has 1 aromatic carbocycles. The van der Waals surface area contributed by atoms with Gasteiger partial charge in [0.05, 0.1) is 11.5 Å². The molecule has 0 amide bonds. The largest absolute Gasteiger partial charge is 0.324 e. The van der Waals surface area contributed by atoms with Gasteiger partial charge in [-0.3, -0.25) is 10.1 Å². The van der Waals surface area contributed by atoms with E-state index in [-0.39, 0.29) is 6.54 Å². The second-order valence-corrected chi connectivity index (χ2v) is 5.32. The molecule has 0 unspecified atom stereocenters. The summed E-state index contributed by atoms with van der Waals surface area (Å²) in [7, 11) is -3.03. The highest BCUT2D eigenvalue weighted by molar-refractivity contribution is 7.89. The van der Waals surface area contributed by atoms with Crippen LogP contribution in [0.5, 0.6) is 0 Å². The molecule has 0 aliphatic carbocycles. The van der Waals surface area contributed by atoms with Gasteiger partial charge in [-0.2, -0.15) is 8.70 Å². The van der Waals surface area contributed by atoms with Crippen LogP contribution >= 0.6 is 0 Å². The van der Waals surface area contributed by atoms with E-state index in [4.69, 9.17) is 6.42 Å². The number of nitro groups is 1. The number of sulfonamides is 1. The molecule has 1 aromatic rings. The average Bonchev–Trinajstić information content (AvgIpc) is 2.28. The van der Waals surface area contributed by atoms with E-state index in [0.29, 0.717) is 0 Å². The zero-order chi connectivity index (χ0) is 13.9. The summed E-state index contributed by atoms with van der Waals surface area (Å²) in [5.74, 6) is 0.877. The number of benzene rings is 1. The Bertz CT molecular complexity index is 621. The van der Waals surface area contributed by atoms with Gasteiger partial charge in [0.15, 0.2) is 4.90 Å². The van der Waals surface area contributed by atoms with Crippen LogP contribution in [0.25, 0.3) is 0 Å². The summed E-state index contributed by atoms with van der Waals surface area (Å²) in [6, 6.07) is 2.86. The Morgan fingerprint density at radius 1 is 1.56 bits per heavy atom. The molecule has 0 bridgehead atoms. The summed E-state index contributed by atoms with van der Waals surface area (Å²) >= 11 is 0. The maximum atomic E-state index is 13.3. The van der Waals surface area contributed by atoms with Crippen LogP contribution in [0.2, 0.25) is 0 Å². The van der Waals surface area contributed by atoms with E-state index in [2.05, 4.69) is 5.92 Å². The van der Waals surface area contributed by atoms with Crippen molar-refractivity contribution in [1.82, 2.24) is 4.31 Å². The Kier molecular flexibility index (Phi) is 4.00. The van der Waals surface area contributed by atoms with Crippen molar-refractivity contribution in [2.75, 3.05) is 13.6 Å². The molecule has 0 radical (unpaired) electrons. The molecule has 0 N–H and O–H groups in total. The van der Waals surface area contributed by atoms with Crippen LogP contribution in [-0.2, 0) is 10.0 Å². The first-order valence-corrected chi connectivity index (χ1v) is 6.09. The highest BCUT2D eigenvalue weighted by Gasteiger charge is 2.31. The highest BCUT2D eigenvalue weighted by atomic mass is 32.2. The topological polar surface area (TPSA) is 80.5 Å². The standard InChI is InChI=1S/C10H9FN2O4S/c1-3-7-12(2)18(16,17)9-6-4-5-8(11)10(9)13(14)15/h1,4-6H,7H2,2H3. The Balaban J connectivity index is 3.48. The van der Waals surface area contributed by atoms with E-state index in [1.54, 1.807) is 0 Å². The zero-order valence-corrected chi connectivity index (χ0v) is 10.1. The summed E-state index contributed by atoms with van der Waals surface area (Å²) in [4.78, 5) is 8.92. The first-order valence-electron chi connectivity index (χ1n) is 4.65. The molecule has 18 heavy (non-hydrogen) atoms. The number of hydrogen-bond donors (Lipinski definition) is 0. The van der Waals surface area contributed by atoms with E-state index in [9.17, 15) is 22.9 Å². The number of nitrogens with zero attached hydrogens (tertiary/aromatic N) is 2. The minimum Gasteiger partial charge on any atom is -0.258 e. The third-order valence-electron chi connectivity index (χ3n) is 2.13. The van der Waals surface area contributed by atoms with Crippen LogP contribution in [0, 0.1) is 28.3 Å². The molecule has 96 valence electrons. The Morgan fingerprint density at radius 2 is 2.17 bits per heavy atom. The summed E-state index contributed by atoms with van der Waals surface area (Å²) in [6.07, 6.45) is 4.97. The van der Waals surface area contributed by atoms with Crippen LogP contribution in [0.1, 0.15) is 0 Å². The van der Waals surface area contributed by atoms with Crippen LogP contribution < -0.4 is 0 Å². The lowest BCUT2D eigenvalue weighted by molar-refractivity contribution is -0.390. The number of hydrogen-bond acceptors (Lipinski definition) is 4. The zero-order valence-electron chi connectivity index (χ0n) is 9.33. The smallest absolute Gasteiger partial charge is 0.258 e. The van der Waals surface area contributed by atoms with Crippen molar-refractivity contribution < 1.29 is 17.7 Å². The summed E-state index contributed by atoms with van der Waals surface area (Å²) in [6.45, 7) is -0.268. The lowest BCUT2D eigenvalue weighted by atomic mass is 10.3. The second kappa shape index (κ2) is 5.12. The molecule has 0 heterocycles. The molecule has 1 rings (SSSR count). The Morgan fingerprint density at radius 3 is 2.67 bits per heavy atom. The van der Waals surface area contributed by atoms with E-state index in [0.717, 1.165) is 29.6 Å². The van der Waals surface area contributed by atoms with Crippen molar-refractivity contribution in [3.8, 4) is 12.3 Å². The van der Waals surface area contributed by atoms with Crippen LogP contribution in [0.4, 0.5) is 10.1 Å². The van der Waals surface area contributed by atoms with Crippen molar-refractivity contribution >= 4 is 15.7 Å². The fourth-order valence-electron chi connectivity index (χ4n) is 1.26. The molecule has 0 saturated carbocycles. The molecule has 0 aliphatic heterocycles. The molecule has 8 heteroatoms. The number of halogens is 1. The Hall–Kier alpha value is -1.98. The normalized spacial score (nSPS) is 11.2. The van der Waals surface area contributed by atoms with Gasteiger partial charge < -0.3 is 0 Å². The van der Waals surface area contributed by atoms with Gasteiger partial charge in [-0.15, -0.1) is 6.42 Å². The van der Waals surface area contributed by atoms with Crippen molar-refractivity contribution in [3.63, 3.8) is 0 Å². The van der Waals surface area contributed by atoms with Gasteiger partial charge in [-0.05, 0) is 12.1 Å². The van der Waals surface area contributed by atoms with E-state index in [1.165, 1.54) is 0 Å². The highest BCUT2D eigenvalue weighted by Crippen LogP contribution is 2.28. The monoisotopic (exact) mass is 272 g/mol. The van der Waals surface area contributed by atoms with E-state index < -0.39 is 31.3 Å².